The van der Waals surface area contributed by atoms with E-state index in [0.29, 0.717) is 10.0 Å². The van der Waals surface area contributed by atoms with Crippen molar-refractivity contribution in [3.8, 4) is 0 Å². The molecule has 0 radical (unpaired) electrons. The Kier molecular flexibility index (Phi) is 9.57. The van der Waals surface area contributed by atoms with Crippen molar-refractivity contribution in [2.75, 3.05) is 59.9 Å². The largest absolute Gasteiger partial charge is 0.306 e. The van der Waals surface area contributed by atoms with Crippen LogP contribution in [0.2, 0.25) is 10.0 Å². The van der Waals surface area contributed by atoms with Crippen molar-refractivity contribution in [2.45, 2.75) is 32.1 Å². The summed E-state index contributed by atoms with van der Waals surface area (Å²) in [6.45, 7) is 8.48. The normalized spacial score (nSPS) is 15.6. The molecule has 5 heteroatoms. The highest BCUT2D eigenvalue weighted by atomic mass is 35.5. The van der Waals surface area contributed by atoms with Gasteiger partial charge in [-0.05, 0) is 103 Å². The second kappa shape index (κ2) is 11.4. The summed E-state index contributed by atoms with van der Waals surface area (Å²) >= 11 is 12.0. The Labute approximate surface area is 163 Å². The van der Waals surface area contributed by atoms with Crippen molar-refractivity contribution in [1.82, 2.24) is 14.7 Å². The highest BCUT2D eigenvalue weighted by Gasteiger charge is 2.10. The summed E-state index contributed by atoms with van der Waals surface area (Å²) in [7, 11) is 4.45. The van der Waals surface area contributed by atoms with Crippen LogP contribution >= 0.6 is 23.2 Å². The van der Waals surface area contributed by atoms with E-state index in [2.05, 4.69) is 34.9 Å². The third-order valence-electron chi connectivity index (χ3n) is 5.06. The number of nitrogens with zero attached hydrogens (tertiary/aromatic N) is 3. The molecule has 1 aliphatic heterocycles. The molecule has 2 rings (SSSR count). The lowest BCUT2D eigenvalue weighted by molar-refractivity contribution is 0.258. The van der Waals surface area contributed by atoms with Crippen LogP contribution in [0.15, 0.2) is 18.2 Å². The van der Waals surface area contributed by atoms with Gasteiger partial charge in [0.15, 0.2) is 0 Å². The van der Waals surface area contributed by atoms with Crippen LogP contribution in [0.25, 0.3) is 0 Å². The van der Waals surface area contributed by atoms with Crippen molar-refractivity contribution >= 4 is 23.2 Å². The molecule has 0 unspecified atom stereocenters. The van der Waals surface area contributed by atoms with Crippen molar-refractivity contribution in [3.05, 3.63) is 33.8 Å². The van der Waals surface area contributed by atoms with Crippen LogP contribution in [-0.2, 0) is 6.42 Å². The zero-order chi connectivity index (χ0) is 18.1. The quantitative estimate of drug-likeness (QED) is 0.562. The highest BCUT2D eigenvalue weighted by Crippen LogP contribution is 2.22. The maximum Gasteiger partial charge on any atom is 0.0595 e. The Morgan fingerprint density at radius 2 is 1.52 bits per heavy atom. The molecule has 0 spiro atoms. The van der Waals surface area contributed by atoms with Crippen LogP contribution in [0.1, 0.15) is 31.2 Å². The monoisotopic (exact) mass is 385 g/mol. The van der Waals surface area contributed by atoms with Gasteiger partial charge in [-0.3, -0.25) is 0 Å². The second-order valence-electron chi connectivity index (χ2n) is 7.36. The first-order chi connectivity index (χ1) is 12.0. The molecule has 1 aromatic rings. The highest BCUT2D eigenvalue weighted by molar-refractivity contribution is 6.42. The molecule has 1 heterocycles. The van der Waals surface area contributed by atoms with Crippen LogP contribution in [0.3, 0.4) is 0 Å². The lowest BCUT2D eigenvalue weighted by Gasteiger charge is -2.21. The molecule has 142 valence electrons. The number of likely N-dealkylation sites (N-methyl/N-ethyl adjacent to an activating group) is 1. The van der Waals surface area contributed by atoms with Gasteiger partial charge in [0, 0.05) is 6.54 Å². The van der Waals surface area contributed by atoms with Crippen molar-refractivity contribution in [2.24, 2.45) is 0 Å². The number of rotatable bonds is 11. The van der Waals surface area contributed by atoms with Gasteiger partial charge in [-0.25, -0.2) is 0 Å². The van der Waals surface area contributed by atoms with E-state index in [-0.39, 0.29) is 0 Å². The van der Waals surface area contributed by atoms with E-state index >= 15 is 0 Å². The van der Waals surface area contributed by atoms with Gasteiger partial charge in [-0.1, -0.05) is 29.3 Å². The Hall–Kier alpha value is -0.320. The van der Waals surface area contributed by atoms with Gasteiger partial charge < -0.3 is 14.7 Å². The molecular weight excluding hydrogens is 353 g/mol. The van der Waals surface area contributed by atoms with E-state index < -0.39 is 0 Å². The standard InChI is InChI=1S/C20H33Cl2N3/c1-23(12-6-15-25-13-3-4-14-25)10-5-11-24(2)16-9-18-7-8-19(21)20(22)17-18/h7-8,17H,3-6,9-16H2,1-2H3. The Morgan fingerprint density at radius 1 is 0.880 bits per heavy atom. The molecule has 0 bridgehead atoms. The van der Waals surface area contributed by atoms with Crippen molar-refractivity contribution < 1.29 is 0 Å². The fourth-order valence-electron chi connectivity index (χ4n) is 3.42. The first kappa shape index (κ1) is 21.0. The molecule has 0 atom stereocenters. The Morgan fingerprint density at radius 3 is 2.20 bits per heavy atom. The van der Waals surface area contributed by atoms with Gasteiger partial charge in [0.2, 0.25) is 0 Å². The Bertz CT molecular complexity index is 504. The fourth-order valence-corrected chi connectivity index (χ4v) is 3.74. The van der Waals surface area contributed by atoms with E-state index in [9.17, 15) is 0 Å². The van der Waals surface area contributed by atoms with E-state index in [0.717, 1.165) is 19.5 Å². The van der Waals surface area contributed by atoms with Gasteiger partial charge in [0.05, 0.1) is 10.0 Å². The van der Waals surface area contributed by atoms with Gasteiger partial charge in [0.1, 0.15) is 0 Å². The van der Waals surface area contributed by atoms with E-state index in [1.165, 1.54) is 64.0 Å². The molecule has 1 saturated heterocycles. The molecule has 0 aliphatic carbocycles. The van der Waals surface area contributed by atoms with Gasteiger partial charge in [-0.15, -0.1) is 0 Å². The van der Waals surface area contributed by atoms with E-state index in [1.807, 2.05) is 12.1 Å². The topological polar surface area (TPSA) is 9.72 Å². The molecule has 3 nitrogen and oxygen atoms in total. The van der Waals surface area contributed by atoms with Crippen LogP contribution in [0, 0.1) is 0 Å². The average molecular weight is 386 g/mol. The summed E-state index contributed by atoms with van der Waals surface area (Å²) in [5.41, 5.74) is 1.25. The van der Waals surface area contributed by atoms with Crippen molar-refractivity contribution in [1.29, 1.82) is 0 Å². The lowest BCUT2D eigenvalue weighted by Crippen LogP contribution is -2.29. The summed E-state index contributed by atoms with van der Waals surface area (Å²) in [5, 5.41) is 1.28. The molecule has 0 N–H and O–H groups in total. The van der Waals surface area contributed by atoms with Crippen LogP contribution in [0.4, 0.5) is 0 Å². The minimum atomic E-state index is 0.631. The number of benzene rings is 1. The minimum Gasteiger partial charge on any atom is -0.306 e. The SMILES string of the molecule is CN(CCCN(C)CCc1ccc(Cl)c(Cl)c1)CCCN1CCCC1. The number of hydrogen-bond acceptors (Lipinski definition) is 3. The van der Waals surface area contributed by atoms with Crippen molar-refractivity contribution in [3.63, 3.8) is 0 Å². The number of halogens is 2. The third kappa shape index (κ3) is 8.27. The molecule has 0 saturated carbocycles. The van der Waals surface area contributed by atoms with E-state index in [4.69, 9.17) is 23.2 Å². The molecule has 1 aliphatic rings. The second-order valence-corrected chi connectivity index (χ2v) is 8.18. The third-order valence-corrected chi connectivity index (χ3v) is 5.80. The zero-order valence-electron chi connectivity index (χ0n) is 15.8. The molecule has 1 aromatic carbocycles. The van der Waals surface area contributed by atoms with Gasteiger partial charge in [-0.2, -0.15) is 0 Å². The maximum atomic E-state index is 6.08. The molecule has 25 heavy (non-hydrogen) atoms. The fraction of sp³-hybridized carbons (Fsp3) is 0.700. The molecular formula is C20H33Cl2N3. The summed E-state index contributed by atoms with van der Waals surface area (Å²) in [6, 6.07) is 5.93. The molecule has 0 aromatic heterocycles. The summed E-state index contributed by atoms with van der Waals surface area (Å²) < 4.78 is 0. The smallest absolute Gasteiger partial charge is 0.0595 e. The van der Waals surface area contributed by atoms with Crippen LogP contribution in [-0.4, -0.2) is 74.6 Å². The minimum absolute atomic E-state index is 0.631. The maximum absolute atomic E-state index is 6.08. The average Bonchev–Trinajstić information content (AvgIpc) is 3.09. The lowest BCUT2D eigenvalue weighted by atomic mass is 10.1. The predicted molar refractivity (Wildman–Crippen MR) is 110 cm³/mol. The first-order valence-corrected chi connectivity index (χ1v) is 10.3. The predicted octanol–water partition coefficient (Wildman–Crippen LogP) is 4.28. The summed E-state index contributed by atoms with van der Waals surface area (Å²) in [5.74, 6) is 0. The van der Waals surface area contributed by atoms with Crippen LogP contribution < -0.4 is 0 Å². The number of likely N-dealkylation sites (tertiary alicyclic amines) is 1. The molecule has 1 fully saturated rings. The zero-order valence-corrected chi connectivity index (χ0v) is 17.3. The number of hydrogen-bond donors (Lipinski definition) is 0. The molecule has 0 amide bonds. The van der Waals surface area contributed by atoms with E-state index in [1.54, 1.807) is 0 Å². The summed E-state index contributed by atoms with van der Waals surface area (Å²) in [4.78, 5) is 7.48. The summed E-state index contributed by atoms with van der Waals surface area (Å²) in [6.07, 6.45) is 6.32. The van der Waals surface area contributed by atoms with Gasteiger partial charge >= 0.3 is 0 Å². The van der Waals surface area contributed by atoms with Gasteiger partial charge in [0.25, 0.3) is 0 Å². The Balaban J connectivity index is 1.52. The first-order valence-electron chi connectivity index (χ1n) is 9.58. The van der Waals surface area contributed by atoms with Crippen LogP contribution in [0.5, 0.6) is 0 Å².